The first-order valence-corrected chi connectivity index (χ1v) is 7.11. The monoisotopic (exact) mass is 297 g/mol. The summed E-state index contributed by atoms with van der Waals surface area (Å²) in [4.78, 5) is 7.80. The molecule has 17 heavy (non-hydrogen) atoms. The molecule has 0 aliphatic carbocycles. The summed E-state index contributed by atoms with van der Waals surface area (Å²) in [6, 6.07) is 0. The van der Waals surface area contributed by atoms with Crippen LogP contribution >= 0.6 is 35.0 Å². The number of oxime groups is 1. The van der Waals surface area contributed by atoms with E-state index in [1.807, 2.05) is 34.0 Å². The van der Waals surface area contributed by atoms with Gasteiger partial charge in [0, 0.05) is 0 Å². The lowest BCUT2D eigenvalue weighted by molar-refractivity contribution is 0.322. The molecule has 0 saturated carbocycles. The molecular weight excluding hydrogens is 281 g/mol. The van der Waals surface area contributed by atoms with Gasteiger partial charge in [-0.15, -0.1) is 0 Å². The molecule has 0 aliphatic rings. The third-order valence-corrected chi connectivity index (χ3v) is 2.33. The van der Waals surface area contributed by atoms with Crippen molar-refractivity contribution in [3.8, 4) is 0 Å². The highest BCUT2D eigenvalue weighted by Crippen LogP contribution is 2.22. The van der Waals surface area contributed by atoms with Crippen molar-refractivity contribution < 1.29 is 5.21 Å². The first kappa shape index (κ1) is 18.8. The number of thioether (sulfide) groups is 1. The van der Waals surface area contributed by atoms with Crippen molar-refractivity contribution >= 4 is 41.2 Å². The Hall–Kier alpha value is -0.520. The van der Waals surface area contributed by atoms with Gasteiger partial charge < -0.3 is 5.21 Å². The Bertz CT molecular complexity index is 325. The fourth-order valence-electron chi connectivity index (χ4n) is 0.654. The molecule has 0 aromatic carbocycles. The quantitative estimate of drug-likeness (QED) is 0.220. The second-order valence-corrected chi connectivity index (χ2v) is 3.44. The minimum Gasteiger partial charge on any atom is -0.411 e. The van der Waals surface area contributed by atoms with E-state index in [4.69, 9.17) is 28.4 Å². The summed E-state index contributed by atoms with van der Waals surface area (Å²) in [7, 11) is 0. The van der Waals surface area contributed by atoms with Crippen LogP contribution in [0.15, 0.2) is 10.3 Å². The summed E-state index contributed by atoms with van der Waals surface area (Å²) in [6.45, 7) is 8.00. The SMILES string of the molecule is CC.CC.CSc1nc(Cl)c(/C=N/O)c(Cl)n1. The van der Waals surface area contributed by atoms with Crippen LogP contribution in [0.5, 0.6) is 0 Å². The van der Waals surface area contributed by atoms with Crippen molar-refractivity contribution in [2.75, 3.05) is 6.26 Å². The minimum absolute atomic E-state index is 0.169. The highest BCUT2D eigenvalue weighted by atomic mass is 35.5. The average molecular weight is 298 g/mol. The van der Waals surface area contributed by atoms with Crippen LogP contribution in [0, 0.1) is 0 Å². The van der Waals surface area contributed by atoms with Gasteiger partial charge in [-0.05, 0) is 6.26 Å². The molecule has 0 radical (unpaired) electrons. The van der Waals surface area contributed by atoms with Crippen LogP contribution in [0.25, 0.3) is 0 Å². The molecule has 0 fully saturated rings. The summed E-state index contributed by atoms with van der Waals surface area (Å²) in [5.41, 5.74) is 0.309. The highest BCUT2D eigenvalue weighted by Gasteiger charge is 2.08. The fraction of sp³-hybridized carbons (Fsp3) is 0.500. The van der Waals surface area contributed by atoms with Crippen LogP contribution < -0.4 is 0 Å². The number of aromatic nitrogens is 2. The molecule has 0 spiro atoms. The summed E-state index contributed by atoms with van der Waals surface area (Å²) >= 11 is 12.8. The van der Waals surface area contributed by atoms with Crippen LogP contribution in [-0.4, -0.2) is 27.6 Å². The Morgan fingerprint density at radius 1 is 1.12 bits per heavy atom. The van der Waals surface area contributed by atoms with Crippen molar-refractivity contribution in [3.63, 3.8) is 0 Å². The predicted octanol–water partition coefficient (Wildman–Crippen LogP) is 4.37. The molecule has 1 rings (SSSR count). The second-order valence-electron chi connectivity index (χ2n) is 1.95. The normalized spacial score (nSPS) is 9.12. The Balaban J connectivity index is 0. The minimum atomic E-state index is 0.169. The predicted molar refractivity (Wildman–Crippen MR) is 75.9 cm³/mol. The van der Waals surface area contributed by atoms with Crippen LogP contribution in [0.4, 0.5) is 0 Å². The van der Waals surface area contributed by atoms with Crippen LogP contribution in [0.2, 0.25) is 10.3 Å². The molecule has 1 aromatic rings. The zero-order valence-corrected chi connectivity index (χ0v) is 12.9. The molecule has 1 aromatic heterocycles. The van der Waals surface area contributed by atoms with Gasteiger partial charge in [0.1, 0.15) is 10.3 Å². The van der Waals surface area contributed by atoms with Crippen molar-refractivity contribution in [1.29, 1.82) is 0 Å². The number of halogens is 2. The lowest BCUT2D eigenvalue weighted by Crippen LogP contribution is -1.95. The lowest BCUT2D eigenvalue weighted by Gasteiger charge is -2.00. The Labute approximate surface area is 116 Å². The largest absolute Gasteiger partial charge is 0.411 e. The van der Waals surface area contributed by atoms with Gasteiger partial charge >= 0.3 is 0 Å². The molecule has 0 atom stereocenters. The smallest absolute Gasteiger partial charge is 0.190 e. The van der Waals surface area contributed by atoms with E-state index in [0.717, 1.165) is 6.21 Å². The van der Waals surface area contributed by atoms with Gasteiger partial charge in [-0.25, -0.2) is 9.97 Å². The van der Waals surface area contributed by atoms with E-state index in [2.05, 4.69) is 15.1 Å². The van der Waals surface area contributed by atoms with Gasteiger partial charge in [-0.1, -0.05) is 67.8 Å². The molecule has 0 saturated heterocycles. The third kappa shape index (κ3) is 6.71. The molecule has 98 valence electrons. The van der Waals surface area contributed by atoms with E-state index in [9.17, 15) is 0 Å². The van der Waals surface area contributed by atoms with Gasteiger partial charge in [0.2, 0.25) is 0 Å². The zero-order valence-electron chi connectivity index (χ0n) is 10.5. The summed E-state index contributed by atoms with van der Waals surface area (Å²) < 4.78 is 0. The Morgan fingerprint density at radius 3 is 1.82 bits per heavy atom. The van der Waals surface area contributed by atoms with Crippen molar-refractivity contribution in [1.82, 2.24) is 9.97 Å². The van der Waals surface area contributed by atoms with E-state index >= 15 is 0 Å². The first-order valence-electron chi connectivity index (χ1n) is 5.13. The molecular formula is C10H17Cl2N3OS. The van der Waals surface area contributed by atoms with Crippen LogP contribution in [0.1, 0.15) is 33.3 Å². The third-order valence-electron chi connectivity index (χ3n) is 1.20. The summed E-state index contributed by atoms with van der Waals surface area (Å²) in [5, 5.41) is 11.9. The molecule has 7 heteroatoms. The average Bonchev–Trinajstić information content (AvgIpc) is 2.38. The first-order chi connectivity index (χ1) is 8.19. The standard InChI is InChI=1S/C6H5Cl2N3OS.2C2H6/c1-13-6-10-4(7)3(2-9-12)5(8)11-6;2*1-2/h2,12H,1H3;2*1-2H3/b9-2+;;. The Kier molecular flexibility index (Phi) is 13.2. The summed E-state index contributed by atoms with van der Waals surface area (Å²) in [5.74, 6) is 0. The van der Waals surface area contributed by atoms with E-state index < -0.39 is 0 Å². The molecule has 1 heterocycles. The molecule has 0 amide bonds. The van der Waals surface area contributed by atoms with Gasteiger partial charge in [0.25, 0.3) is 0 Å². The maximum absolute atomic E-state index is 8.29. The lowest BCUT2D eigenvalue weighted by atomic mass is 10.4. The summed E-state index contributed by atoms with van der Waals surface area (Å²) in [6.07, 6.45) is 2.90. The Morgan fingerprint density at radius 2 is 1.53 bits per heavy atom. The fourth-order valence-corrected chi connectivity index (χ4v) is 1.60. The van der Waals surface area contributed by atoms with Gasteiger partial charge in [0.05, 0.1) is 11.8 Å². The number of hydrogen-bond acceptors (Lipinski definition) is 5. The van der Waals surface area contributed by atoms with E-state index in [0.29, 0.717) is 10.7 Å². The van der Waals surface area contributed by atoms with Crippen molar-refractivity contribution in [2.24, 2.45) is 5.16 Å². The van der Waals surface area contributed by atoms with Crippen LogP contribution in [-0.2, 0) is 0 Å². The second kappa shape index (κ2) is 12.0. The zero-order chi connectivity index (χ0) is 13.8. The van der Waals surface area contributed by atoms with Crippen LogP contribution in [0.3, 0.4) is 0 Å². The van der Waals surface area contributed by atoms with E-state index in [1.165, 1.54) is 11.8 Å². The maximum Gasteiger partial charge on any atom is 0.190 e. The highest BCUT2D eigenvalue weighted by molar-refractivity contribution is 7.98. The van der Waals surface area contributed by atoms with E-state index in [1.54, 1.807) is 0 Å². The van der Waals surface area contributed by atoms with Gasteiger partial charge in [0.15, 0.2) is 5.16 Å². The molecule has 0 aliphatic heterocycles. The van der Waals surface area contributed by atoms with Gasteiger partial charge in [-0.3, -0.25) is 0 Å². The molecule has 1 N–H and O–H groups in total. The maximum atomic E-state index is 8.29. The van der Waals surface area contributed by atoms with Crippen molar-refractivity contribution in [3.05, 3.63) is 15.9 Å². The van der Waals surface area contributed by atoms with E-state index in [-0.39, 0.29) is 10.3 Å². The molecule has 4 nitrogen and oxygen atoms in total. The van der Waals surface area contributed by atoms with Gasteiger partial charge in [-0.2, -0.15) is 0 Å². The molecule has 0 bridgehead atoms. The number of hydrogen-bond donors (Lipinski definition) is 1. The number of nitrogens with zero attached hydrogens (tertiary/aromatic N) is 3. The van der Waals surface area contributed by atoms with Crippen molar-refractivity contribution in [2.45, 2.75) is 32.9 Å². The number of rotatable bonds is 2. The topological polar surface area (TPSA) is 58.4 Å². The molecule has 0 unspecified atom stereocenters.